The maximum atomic E-state index is 13.3. The topological polar surface area (TPSA) is 103 Å². The number of ether oxygens (including phenoxy) is 1. The first-order valence-corrected chi connectivity index (χ1v) is 17.0. The van der Waals surface area contributed by atoms with Crippen LogP contribution in [-0.2, 0) is 21.5 Å². The van der Waals surface area contributed by atoms with Gasteiger partial charge >= 0.3 is 0 Å². The van der Waals surface area contributed by atoms with Crippen molar-refractivity contribution in [1.29, 1.82) is 5.26 Å². The van der Waals surface area contributed by atoms with Crippen molar-refractivity contribution >= 4 is 38.8 Å². The minimum absolute atomic E-state index is 0.120. The zero-order chi connectivity index (χ0) is 28.8. The Morgan fingerprint density at radius 1 is 1.15 bits per heavy atom. The lowest BCUT2D eigenvalue weighted by atomic mass is 9.63. The van der Waals surface area contributed by atoms with Crippen LogP contribution in [0.15, 0.2) is 36.4 Å². The lowest BCUT2D eigenvalue weighted by Crippen LogP contribution is -2.52. The third-order valence-corrected chi connectivity index (χ3v) is 11.5. The summed E-state index contributed by atoms with van der Waals surface area (Å²) in [5.74, 6) is 4.37. The lowest BCUT2D eigenvalue weighted by molar-refractivity contribution is -0.0458. The molecule has 1 saturated carbocycles. The molecule has 0 radical (unpaired) electrons. The molecule has 2 aromatic rings. The van der Waals surface area contributed by atoms with Gasteiger partial charge in [0.05, 0.1) is 18.4 Å². The second-order valence-corrected chi connectivity index (χ2v) is 15.2. The maximum Gasteiger partial charge on any atom is 0.262 e. The number of nitrogens with one attached hydrogen (secondary N) is 1. The summed E-state index contributed by atoms with van der Waals surface area (Å²) < 4.78 is 22.3. The molecule has 1 amide bonds. The number of amides is 1. The van der Waals surface area contributed by atoms with E-state index in [4.69, 9.17) is 16.3 Å². The summed E-state index contributed by atoms with van der Waals surface area (Å²) in [7, 11) is -2.83. The average Bonchev–Trinajstić information content (AvgIpc) is 3.07. The molecule has 7 nitrogen and oxygen atoms in total. The quantitative estimate of drug-likeness (QED) is 0.327. The van der Waals surface area contributed by atoms with E-state index in [-0.39, 0.29) is 23.0 Å². The molecule has 1 fully saturated rings. The first kappa shape index (κ1) is 28.4. The highest BCUT2D eigenvalue weighted by Crippen LogP contribution is 2.48. The number of nitrogens with zero attached hydrogens (tertiary/aromatic N) is 2. The van der Waals surface area contributed by atoms with Gasteiger partial charge in [0, 0.05) is 50.5 Å². The summed E-state index contributed by atoms with van der Waals surface area (Å²) in [6, 6.07) is 13.8. The van der Waals surface area contributed by atoms with Gasteiger partial charge in [-0.2, -0.15) is 5.26 Å². The van der Waals surface area contributed by atoms with Gasteiger partial charge in [0.1, 0.15) is 5.75 Å². The minimum Gasteiger partial charge on any atom is -0.490 e. The van der Waals surface area contributed by atoms with Gasteiger partial charge < -0.3 is 14.7 Å². The zero-order valence-electron chi connectivity index (χ0n) is 23.4. The number of carbonyl (C=O) groups is 1. The molecule has 2 N–H and O–H groups in total. The number of hydrogen-bond donors (Lipinski definition) is 2. The van der Waals surface area contributed by atoms with Gasteiger partial charge in [0.15, 0.2) is 5.60 Å². The summed E-state index contributed by atoms with van der Waals surface area (Å²) in [4.78, 5) is 15.6. The standard InChI is InChI=1S/C32H38ClN3O4S/c1-41(39)15-4-2-3-14-32(38,19-34)27-10-7-24(27)18-36-20-31(13-5-6-22-16-25(33)9-11-26(22)31)21-40-29-12-8-23(17-28(29)36)30(37)35-41/h8-9,11-12,16-17,24,27,38H,1-7,10,13-15,18,20-21H2,(H,35,37,39)/t24-,27+,31-,32-,41?/m0/s1. The first-order chi connectivity index (χ1) is 19.6. The van der Waals surface area contributed by atoms with Crippen LogP contribution in [-0.4, -0.2) is 52.1 Å². The second kappa shape index (κ2) is 10.8. The molecule has 0 aromatic heterocycles. The molecular formula is C32H38ClN3O4S. The molecule has 2 aliphatic heterocycles. The Kier molecular flexibility index (Phi) is 7.50. The molecule has 0 saturated heterocycles. The van der Waals surface area contributed by atoms with Crippen molar-refractivity contribution in [2.75, 3.05) is 30.3 Å². The fourth-order valence-corrected chi connectivity index (χ4v) is 8.89. The molecule has 6 rings (SSSR count). The summed E-state index contributed by atoms with van der Waals surface area (Å²) in [5, 5.41) is 22.3. The molecule has 218 valence electrons. The third-order valence-electron chi connectivity index (χ3n) is 9.79. The first-order valence-electron chi connectivity index (χ1n) is 14.7. The summed E-state index contributed by atoms with van der Waals surface area (Å²) in [5.41, 5.74) is 2.06. The summed E-state index contributed by atoms with van der Waals surface area (Å²) >= 11 is 6.38. The molecule has 9 heteroatoms. The smallest absolute Gasteiger partial charge is 0.262 e. The zero-order valence-corrected chi connectivity index (χ0v) is 24.9. The number of fused-ring (bicyclic) bond motifs is 4. The fourth-order valence-electron chi connectivity index (χ4n) is 7.46. The van der Waals surface area contributed by atoms with Gasteiger partial charge in [-0.05, 0) is 105 Å². The minimum atomic E-state index is -2.83. The highest BCUT2D eigenvalue weighted by atomic mass is 35.5. The van der Waals surface area contributed by atoms with Crippen molar-refractivity contribution in [2.45, 2.75) is 68.8 Å². The van der Waals surface area contributed by atoms with E-state index in [9.17, 15) is 19.4 Å². The Hall–Kier alpha value is -2.73. The SMILES string of the molecule is C=S1(=O)CCCCC[C@](O)(C#N)[C@@H]2CC[C@H]2CN2C[C@@]3(CCCc4cc(Cl)ccc43)COc3ccc(cc32)C(=O)N1. The van der Waals surface area contributed by atoms with Crippen molar-refractivity contribution in [2.24, 2.45) is 11.8 Å². The van der Waals surface area contributed by atoms with Crippen LogP contribution in [0.2, 0.25) is 5.02 Å². The van der Waals surface area contributed by atoms with E-state index in [0.29, 0.717) is 56.7 Å². The number of nitriles is 1. The van der Waals surface area contributed by atoms with E-state index < -0.39 is 21.2 Å². The lowest BCUT2D eigenvalue weighted by Gasteiger charge is -2.47. The van der Waals surface area contributed by atoms with E-state index in [2.05, 4.69) is 33.7 Å². The van der Waals surface area contributed by atoms with Crippen LogP contribution < -0.4 is 14.4 Å². The number of anilines is 1. The largest absolute Gasteiger partial charge is 0.490 e. The number of aryl methyl sites for hydroxylation is 1. The Balaban J connectivity index is 1.43. The summed E-state index contributed by atoms with van der Waals surface area (Å²) in [6.45, 7) is 1.83. The van der Waals surface area contributed by atoms with Crippen molar-refractivity contribution in [3.63, 3.8) is 0 Å². The number of halogens is 1. The van der Waals surface area contributed by atoms with Crippen molar-refractivity contribution in [1.82, 2.24) is 4.72 Å². The van der Waals surface area contributed by atoms with E-state index in [1.54, 1.807) is 6.07 Å². The van der Waals surface area contributed by atoms with Gasteiger partial charge in [0.25, 0.3) is 5.91 Å². The number of aliphatic hydroxyl groups is 1. The molecular weight excluding hydrogens is 558 g/mol. The van der Waals surface area contributed by atoms with Gasteiger partial charge in [-0.25, -0.2) is 4.21 Å². The highest BCUT2D eigenvalue weighted by Gasteiger charge is 2.49. The predicted molar refractivity (Wildman–Crippen MR) is 163 cm³/mol. The van der Waals surface area contributed by atoms with Gasteiger partial charge in [-0.3, -0.25) is 9.52 Å². The summed E-state index contributed by atoms with van der Waals surface area (Å²) in [6.07, 6.45) is 7.04. The predicted octanol–water partition coefficient (Wildman–Crippen LogP) is 5.03. The monoisotopic (exact) mass is 595 g/mol. The Morgan fingerprint density at radius 3 is 2.78 bits per heavy atom. The molecule has 2 aliphatic carbocycles. The van der Waals surface area contributed by atoms with Crippen LogP contribution in [0.4, 0.5) is 5.69 Å². The molecule has 2 aromatic carbocycles. The third kappa shape index (κ3) is 5.45. The van der Waals surface area contributed by atoms with Crippen LogP contribution >= 0.6 is 11.6 Å². The molecule has 5 atom stereocenters. The van der Waals surface area contributed by atoms with Crippen LogP contribution in [0.25, 0.3) is 0 Å². The van der Waals surface area contributed by atoms with Gasteiger partial charge in [-0.15, -0.1) is 0 Å². The number of carbonyl (C=O) groups excluding carboxylic acids is 1. The number of benzene rings is 2. The van der Waals surface area contributed by atoms with Crippen LogP contribution in [0.3, 0.4) is 0 Å². The van der Waals surface area contributed by atoms with Crippen LogP contribution in [0.1, 0.15) is 72.9 Å². The molecule has 4 aliphatic rings. The van der Waals surface area contributed by atoms with Crippen molar-refractivity contribution in [3.05, 3.63) is 58.1 Å². The highest BCUT2D eigenvalue weighted by molar-refractivity contribution is 7.99. The molecule has 1 spiro atoms. The molecule has 2 bridgehead atoms. The van der Waals surface area contributed by atoms with Crippen LogP contribution in [0, 0.1) is 23.2 Å². The number of hydrogen-bond acceptors (Lipinski definition) is 6. The fraction of sp³-hybridized carbons (Fsp3) is 0.531. The second-order valence-electron chi connectivity index (χ2n) is 12.5. The average molecular weight is 596 g/mol. The van der Waals surface area contributed by atoms with Crippen LogP contribution in [0.5, 0.6) is 5.75 Å². The Morgan fingerprint density at radius 2 is 2.00 bits per heavy atom. The van der Waals surface area contributed by atoms with Crippen molar-refractivity contribution in [3.8, 4) is 11.8 Å². The van der Waals surface area contributed by atoms with E-state index in [1.165, 1.54) is 11.1 Å². The van der Waals surface area contributed by atoms with E-state index >= 15 is 0 Å². The Bertz CT molecular complexity index is 1500. The molecule has 2 heterocycles. The number of rotatable bonds is 0. The van der Waals surface area contributed by atoms with Gasteiger partial charge in [0.2, 0.25) is 0 Å². The van der Waals surface area contributed by atoms with Crippen molar-refractivity contribution < 1.29 is 18.8 Å². The maximum absolute atomic E-state index is 13.3. The normalized spacial score (nSPS) is 33.7. The molecule has 41 heavy (non-hydrogen) atoms. The molecule has 1 unspecified atom stereocenters. The Labute approximate surface area is 248 Å². The van der Waals surface area contributed by atoms with Gasteiger partial charge in [-0.1, -0.05) is 24.1 Å². The van der Waals surface area contributed by atoms with E-state index in [1.807, 2.05) is 18.2 Å². The van der Waals surface area contributed by atoms with E-state index in [0.717, 1.165) is 42.8 Å².